The Labute approximate surface area is 175 Å². The Kier molecular flexibility index (Phi) is 7.57. The summed E-state index contributed by atoms with van der Waals surface area (Å²) < 4.78 is 5.26. The van der Waals surface area contributed by atoms with Crippen molar-refractivity contribution in [3.63, 3.8) is 0 Å². The van der Waals surface area contributed by atoms with Crippen molar-refractivity contribution in [1.82, 2.24) is 0 Å². The van der Waals surface area contributed by atoms with E-state index in [9.17, 15) is 9.59 Å². The van der Waals surface area contributed by atoms with Crippen molar-refractivity contribution in [1.29, 1.82) is 0 Å². The summed E-state index contributed by atoms with van der Waals surface area (Å²) in [6, 6.07) is 10.2. The lowest BCUT2D eigenvalue weighted by Crippen LogP contribution is -2.16. The Morgan fingerprint density at radius 2 is 2.07 bits per heavy atom. The van der Waals surface area contributed by atoms with Crippen LogP contribution in [-0.2, 0) is 22.4 Å². The number of esters is 1. The number of rotatable bonds is 8. The molecule has 4 nitrogen and oxygen atoms in total. The molecule has 1 amide bonds. The van der Waals surface area contributed by atoms with Crippen LogP contribution < -0.4 is 5.32 Å². The molecule has 0 spiro atoms. The lowest BCUT2D eigenvalue weighted by atomic mass is 9.88. The average molecular weight is 418 g/mol. The van der Waals surface area contributed by atoms with Crippen molar-refractivity contribution in [3.8, 4) is 0 Å². The van der Waals surface area contributed by atoms with Crippen molar-refractivity contribution < 1.29 is 14.3 Å². The van der Waals surface area contributed by atoms with Gasteiger partial charge in [0.1, 0.15) is 5.00 Å². The van der Waals surface area contributed by atoms with Crippen molar-refractivity contribution >= 4 is 40.0 Å². The molecular weight excluding hydrogens is 390 g/mol. The quantitative estimate of drug-likeness (QED) is 0.347. The topological polar surface area (TPSA) is 55.4 Å². The number of amides is 1. The molecule has 1 aromatic heterocycles. The third-order valence-corrected chi connectivity index (χ3v) is 7.07. The summed E-state index contributed by atoms with van der Waals surface area (Å²) in [5, 5.41) is 3.66. The first-order valence-electron chi connectivity index (χ1n) is 9.87. The summed E-state index contributed by atoms with van der Waals surface area (Å²) in [7, 11) is 0. The minimum Gasteiger partial charge on any atom is -0.462 e. The molecule has 0 aliphatic heterocycles. The first kappa shape index (κ1) is 20.9. The fourth-order valence-electron chi connectivity index (χ4n) is 3.39. The first-order chi connectivity index (χ1) is 13.6. The van der Waals surface area contributed by atoms with Gasteiger partial charge in [-0.25, -0.2) is 4.79 Å². The number of hydrogen-bond donors (Lipinski definition) is 1. The predicted octanol–water partition coefficient (Wildman–Crippen LogP) is 5.56. The number of hydrogen-bond acceptors (Lipinski definition) is 5. The highest BCUT2D eigenvalue weighted by molar-refractivity contribution is 7.99. The third kappa shape index (κ3) is 5.39. The summed E-state index contributed by atoms with van der Waals surface area (Å²) in [5.41, 5.74) is 1.66. The maximum Gasteiger partial charge on any atom is 0.341 e. The Bertz CT molecular complexity index is 817. The van der Waals surface area contributed by atoms with Crippen LogP contribution in [0, 0.1) is 5.92 Å². The van der Waals surface area contributed by atoms with Gasteiger partial charge in [0.25, 0.3) is 0 Å². The summed E-state index contributed by atoms with van der Waals surface area (Å²) in [6.45, 7) is 4.38. The van der Waals surface area contributed by atoms with E-state index >= 15 is 0 Å². The molecule has 0 saturated heterocycles. The largest absolute Gasteiger partial charge is 0.462 e. The van der Waals surface area contributed by atoms with Gasteiger partial charge in [-0.1, -0.05) is 25.1 Å². The standard InChI is InChI=1S/C22H27NO3S2/c1-3-26-22(25)20-17-12-11-15(2)14-18(17)28-21(20)23-19(24)10-7-13-27-16-8-5-4-6-9-16/h4-6,8-9,15H,3,7,10-14H2,1-2H3,(H,23,24). The fourth-order valence-corrected chi connectivity index (χ4v) is 5.68. The lowest BCUT2D eigenvalue weighted by Gasteiger charge is -2.18. The number of fused-ring (bicyclic) bond motifs is 1. The summed E-state index contributed by atoms with van der Waals surface area (Å²) in [5.74, 6) is 1.15. The van der Waals surface area contributed by atoms with Crippen molar-refractivity contribution in [2.45, 2.75) is 50.8 Å². The van der Waals surface area contributed by atoms with Gasteiger partial charge in [-0.2, -0.15) is 0 Å². The van der Waals surface area contributed by atoms with Crippen LogP contribution in [0.1, 0.15) is 53.9 Å². The lowest BCUT2D eigenvalue weighted by molar-refractivity contribution is -0.116. The Balaban J connectivity index is 1.60. The number of carbonyl (C=O) groups is 2. The molecule has 28 heavy (non-hydrogen) atoms. The van der Waals surface area contributed by atoms with E-state index in [2.05, 4.69) is 24.4 Å². The molecular formula is C22H27NO3S2. The second-order valence-corrected chi connectivity index (χ2v) is 9.36. The van der Waals surface area contributed by atoms with Gasteiger partial charge in [-0.05, 0) is 62.0 Å². The van der Waals surface area contributed by atoms with E-state index in [1.807, 2.05) is 18.2 Å². The number of thioether (sulfide) groups is 1. The predicted molar refractivity (Wildman–Crippen MR) is 116 cm³/mol. The van der Waals surface area contributed by atoms with Gasteiger partial charge < -0.3 is 10.1 Å². The Morgan fingerprint density at radius 3 is 2.82 bits per heavy atom. The van der Waals surface area contributed by atoms with Gasteiger partial charge in [0.2, 0.25) is 5.91 Å². The molecule has 0 bridgehead atoms. The van der Waals surface area contributed by atoms with Crippen LogP contribution >= 0.6 is 23.1 Å². The molecule has 0 saturated carbocycles. The van der Waals surface area contributed by atoms with E-state index in [-0.39, 0.29) is 11.9 Å². The average Bonchev–Trinajstić information content (AvgIpc) is 3.03. The second-order valence-electron chi connectivity index (χ2n) is 7.09. The molecule has 0 radical (unpaired) electrons. The molecule has 6 heteroatoms. The van der Waals surface area contributed by atoms with E-state index in [4.69, 9.17) is 4.74 Å². The van der Waals surface area contributed by atoms with E-state index in [0.29, 0.717) is 29.5 Å². The van der Waals surface area contributed by atoms with Crippen LogP contribution in [0.2, 0.25) is 0 Å². The molecule has 150 valence electrons. The van der Waals surface area contributed by atoms with Crippen LogP contribution in [0.15, 0.2) is 35.2 Å². The van der Waals surface area contributed by atoms with Gasteiger partial charge in [-0.3, -0.25) is 4.79 Å². The van der Waals surface area contributed by atoms with E-state index in [0.717, 1.165) is 37.0 Å². The SMILES string of the molecule is CCOC(=O)c1c(NC(=O)CCCSc2ccccc2)sc2c1CCC(C)C2. The molecule has 1 aliphatic rings. The number of nitrogens with one attached hydrogen (secondary N) is 1. The van der Waals surface area contributed by atoms with Gasteiger partial charge in [0.15, 0.2) is 0 Å². The highest BCUT2D eigenvalue weighted by atomic mass is 32.2. The molecule has 1 heterocycles. The van der Waals surface area contributed by atoms with Crippen LogP contribution in [0.4, 0.5) is 5.00 Å². The third-order valence-electron chi connectivity index (χ3n) is 4.80. The molecule has 1 N–H and O–H groups in total. The molecule has 1 aromatic carbocycles. The molecule has 1 unspecified atom stereocenters. The highest BCUT2D eigenvalue weighted by Gasteiger charge is 2.29. The normalized spacial score (nSPS) is 15.7. The summed E-state index contributed by atoms with van der Waals surface area (Å²) in [6.07, 6.45) is 4.16. The minimum atomic E-state index is -0.315. The number of anilines is 1. The zero-order valence-electron chi connectivity index (χ0n) is 16.5. The van der Waals surface area contributed by atoms with Crippen LogP contribution in [0.5, 0.6) is 0 Å². The van der Waals surface area contributed by atoms with Gasteiger partial charge >= 0.3 is 5.97 Å². The number of carbonyl (C=O) groups excluding carboxylic acids is 2. The summed E-state index contributed by atoms with van der Waals surface area (Å²) in [4.78, 5) is 27.4. The maximum atomic E-state index is 12.5. The molecule has 1 atom stereocenters. The minimum absolute atomic E-state index is 0.0362. The van der Waals surface area contributed by atoms with Crippen molar-refractivity contribution in [2.75, 3.05) is 17.7 Å². The number of thiophene rings is 1. The van der Waals surface area contributed by atoms with Gasteiger partial charge in [0.05, 0.1) is 12.2 Å². The Hall–Kier alpha value is -1.79. The first-order valence-corrected chi connectivity index (χ1v) is 11.7. The van der Waals surface area contributed by atoms with E-state index < -0.39 is 0 Å². The van der Waals surface area contributed by atoms with Crippen molar-refractivity contribution in [3.05, 3.63) is 46.3 Å². The number of ether oxygens (including phenoxy) is 1. The maximum absolute atomic E-state index is 12.5. The van der Waals surface area contributed by atoms with Crippen LogP contribution in [-0.4, -0.2) is 24.2 Å². The molecule has 2 aromatic rings. The fraction of sp³-hybridized carbons (Fsp3) is 0.455. The zero-order valence-corrected chi connectivity index (χ0v) is 18.1. The van der Waals surface area contributed by atoms with E-state index in [1.54, 1.807) is 30.0 Å². The smallest absolute Gasteiger partial charge is 0.341 e. The van der Waals surface area contributed by atoms with Crippen LogP contribution in [0.3, 0.4) is 0 Å². The van der Waals surface area contributed by atoms with E-state index in [1.165, 1.54) is 9.77 Å². The van der Waals surface area contributed by atoms with Crippen LogP contribution in [0.25, 0.3) is 0 Å². The van der Waals surface area contributed by atoms with Crippen molar-refractivity contribution in [2.24, 2.45) is 5.92 Å². The second kappa shape index (κ2) is 10.1. The molecule has 1 aliphatic carbocycles. The molecule has 3 rings (SSSR count). The van der Waals surface area contributed by atoms with Gasteiger partial charge in [0, 0.05) is 16.2 Å². The Morgan fingerprint density at radius 1 is 1.29 bits per heavy atom. The highest BCUT2D eigenvalue weighted by Crippen LogP contribution is 2.40. The number of benzene rings is 1. The monoisotopic (exact) mass is 417 g/mol. The van der Waals surface area contributed by atoms with Gasteiger partial charge in [-0.15, -0.1) is 23.1 Å². The zero-order chi connectivity index (χ0) is 19.9. The summed E-state index contributed by atoms with van der Waals surface area (Å²) >= 11 is 3.30. The molecule has 0 fully saturated rings.